The molecular weight excluding hydrogens is 404 g/mol. The van der Waals surface area contributed by atoms with Crippen molar-refractivity contribution in [3.05, 3.63) is 59.7 Å². The summed E-state index contributed by atoms with van der Waals surface area (Å²) in [7, 11) is 0. The number of nitrogens with one attached hydrogen (secondary N) is 2. The highest BCUT2D eigenvalue weighted by atomic mass is 16.5. The zero-order valence-corrected chi connectivity index (χ0v) is 16.7. The average Bonchev–Trinajstić information content (AvgIpc) is 3.08. The summed E-state index contributed by atoms with van der Waals surface area (Å²) in [5.74, 6) is -2.20. The Morgan fingerprint density at radius 3 is 2.06 bits per heavy atom. The molecule has 0 heterocycles. The molecule has 0 aliphatic heterocycles. The van der Waals surface area contributed by atoms with Crippen molar-refractivity contribution >= 4 is 18.0 Å². The fraction of sp³-hybridized carbons (Fsp3) is 0.318. The number of benzene rings is 2. The number of rotatable bonds is 9. The molecule has 2 amide bonds. The number of aliphatic hydroxyl groups excluding tert-OH is 2. The molecular formula is C22H24N2O7. The van der Waals surface area contributed by atoms with Crippen molar-refractivity contribution in [2.24, 2.45) is 0 Å². The van der Waals surface area contributed by atoms with Crippen LogP contribution in [0.5, 0.6) is 0 Å². The fourth-order valence-corrected chi connectivity index (χ4v) is 3.51. The molecule has 2 aromatic rings. The van der Waals surface area contributed by atoms with Crippen LogP contribution in [0.15, 0.2) is 48.5 Å². The van der Waals surface area contributed by atoms with E-state index in [1.54, 1.807) is 0 Å². The molecule has 1 aliphatic rings. The number of carboxylic acid groups (broad SMARTS) is 1. The lowest BCUT2D eigenvalue weighted by Gasteiger charge is -2.16. The molecule has 164 valence electrons. The normalized spacial score (nSPS) is 14.1. The predicted molar refractivity (Wildman–Crippen MR) is 110 cm³/mol. The Balaban J connectivity index is 1.45. The highest BCUT2D eigenvalue weighted by Crippen LogP contribution is 2.44. The van der Waals surface area contributed by atoms with E-state index in [0.29, 0.717) is 0 Å². The van der Waals surface area contributed by atoms with Crippen molar-refractivity contribution in [1.82, 2.24) is 10.6 Å². The Bertz CT molecular complexity index is 917. The van der Waals surface area contributed by atoms with Gasteiger partial charge in [-0.25, -0.2) is 9.59 Å². The molecule has 3 rings (SSSR count). The van der Waals surface area contributed by atoms with E-state index < -0.39 is 36.7 Å². The van der Waals surface area contributed by atoms with Crippen molar-refractivity contribution < 1.29 is 34.4 Å². The summed E-state index contributed by atoms with van der Waals surface area (Å²) < 4.78 is 5.34. The van der Waals surface area contributed by atoms with Crippen molar-refractivity contribution in [3.8, 4) is 11.1 Å². The summed E-state index contributed by atoms with van der Waals surface area (Å²) in [6.45, 7) is -0.560. The van der Waals surface area contributed by atoms with Crippen molar-refractivity contribution in [1.29, 1.82) is 0 Å². The van der Waals surface area contributed by atoms with Gasteiger partial charge in [-0.1, -0.05) is 48.5 Å². The Morgan fingerprint density at radius 1 is 0.903 bits per heavy atom. The third-order valence-electron chi connectivity index (χ3n) is 5.02. The lowest BCUT2D eigenvalue weighted by molar-refractivity contribution is -0.146. The van der Waals surface area contributed by atoms with Gasteiger partial charge in [0.1, 0.15) is 6.61 Å². The number of fused-ring (bicyclic) bond motifs is 3. The summed E-state index contributed by atoms with van der Waals surface area (Å²) in [5.41, 5.74) is 4.39. The molecule has 0 saturated heterocycles. The number of carbonyl (C=O) groups is 3. The molecule has 1 unspecified atom stereocenters. The van der Waals surface area contributed by atoms with Gasteiger partial charge < -0.3 is 30.7 Å². The van der Waals surface area contributed by atoms with Crippen LogP contribution in [0.3, 0.4) is 0 Å². The first-order valence-electron chi connectivity index (χ1n) is 9.81. The standard InChI is InChI=1S/C22H24N2O7/c25-13(9-20(27)23-11-19(26)21(28)29)10-24-22(30)31-12-18-16-7-3-1-5-14(16)15-6-2-4-8-17(15)18/h1-8,13,18-19,25-26H,9-12H2,(H,23,27)(H,24,30)(H,28,29)/t13?,19-/m0/s1. The number of hydrogen-bond acceptors (Lipinski definition) is 6. The predicted octanol–water partition coefficient (Wildman–Crippen LogP) is 0.838. The topological polar surface area (TPSA) is 145 Å². The van der Waals surface area contributed by atoms with Gasteiger partial charge in [0.25, 0.3) is 0 Å². The van der Waals surface area contributed by atoms with Crippen LogP contribution in [0.2, 0.25) is 0 Å². The van der Waals surface area contributed by atoms with E-state index in [-0.39, 0.29) is 25.5 Å². The number of hydrogen-bond donors (Lipinski definition) is 5. The first-order valence-corrected chi connectivity index (χ1v) is 9.81. The maximum Gasteiger partial charge on any atom is 0.407 e. The van der Waals surface area contributed by atoms with E-state index >= 15 is 0 Å². The summed E-state index contributed by atoms with van der Waals surface area (Å²) in [4.78, 5) is 34.2. The second-order valence-electron chi connectivity index (χ2n) is 7.22. The molecule has 1 aliphatic carbocycles. The van der Waals surface area contributed by atoms with Gasteiger partial charge >= 0.3 is 12.1 Å². The van der Waals surface area contributed by atoms with E-state index in [9.17, 15) is 19.5 Å². The third kappa shape index (κ3) is 5.59. The largest absolute Gasteiger partial charge is 0.479 e. The van der Waals surface area contributed by atoms with Crippen LogP contribution >= 0.6 is 0 Å². The van der Waals surface area contributed by atoms with Crippen LogP contribution < -0.4 is 10.6 Å². The molecule has 0 bridgehead atoms. The first-order chi connectivity index (χ1) is 14.9. The highest BCUT2D eigenvalue weighted by Gasteiger charge is 2.29. The number of amides is 2. The quantitative estimate of drug-likeness (QED) is 0.398. The van der Waals surface area contributed by atoms with Crippen molar-refractivity contribution in [2.75, 3.05) is 19.7 Å². The highest BCUT2D eigenvalue weighted by molar-refractivity contribution is 5.79. The van der Waals surface area contributed by atoms with E-state index in [4.69, 9.17) is 14.9 Å². The Morgan fingerprint density at radius 2 is 1.48 bits per heavy atom. The van der Waals surface area contributed by atoms with Gasteiger partial charge in [-0.2, -0.15) is 0 Å². The van der Waals surface area contributed by atoms with Crippen LogP contribution in [0, 0.1) is 0 Å². The van der Waals surface area contributed by atoms with E-state index in [0.717, 1.165) is 22.3 Å². The minimum absolute atomic E-state index is 0.0884. The van der Waals surface area contributed by atoms with Crippen LogP contribution in [0.25, 0.3) is 11.1 Å². The molecule has 9 nitrogen and oxygen atoms in total. The molecule has 31 heavy (non-hydrogen) atoms. The molecule has 0 fully saturated rings. The number of carboxylic acids is 1. The van der Waals surface area contributed by atoms with Crippen LogP contribution in [0.4, 0.5) is 4.79 Å². The van der Waals surface area contributed by atoms with Crippen molar-refractivity contribution in [2.45, 2.75) is 24.5 Å². The molecule has 0 radical (unpaired) electrons. The zero-order chi connectivity index (χ0) is 22.4. The van der Waals surface area contributed by atoms with Crippen LogP contribution in [0.1, 0.15) is 23.5 Å². The van der Waals surface area contributed by atoms with E-state index in [2.05, 4.69) is 10.6 Å². The maximum atomic E-state index is 12.1. The zero-order valence-electron chi connectivity index (χ0n) is 16.7. The van der Waals surface area contributed by atoms with E-state index in [1.165, 1.54) is 0 Å². The fourth-order valence-electron chi connectivity index (χ4n) is 3.51. The molecule has 5 N–H and O–H groups in total. The Labute approximate surface area is 178 Å². The third-order valence-corrected chi connectivity index (χ3v) is 5.02. The minimum atomic E-state index is -1.72. The smallest absolute Gasteiger partial charge is 0.407 e. The monoisotopic (exact) mass is 428 g/mol. The summed E-state index contributed by atoms with van der Waals surface area (Å²) >= 11 is 0. The number of aliphatic hydroxyl groups is 2. The number of carbonyl (C=O) groups excluding carboxylic acids is 2. The van der Waals surface area contributed by atoms with Gasteiger partial charge in [-0.05, 0) is 22.3 Å². The second-order valence-corrected chi connectivity index (χ2v) is 7.22. The van der Waals surface area contributed by atoms with Crippen LogP contribution in [-0.2, 0) is 14.3 Å². The second kappa shape index (κ2) is 10.1. The first kappa shape index (κ1) is 22.3. The van der Waals surface area contributed by atoms with Gasteiger partial charge in [-0.3, -0.25) is 4.79 Å². The van der Waals surface area contributed by atoms with Crippen LogP contribution in [-0.4, -0.2) is 65.2 Å². The summed E-state index contributed by atoms with van der Waals surface area (Å²) in [6, 6.07) is 15.9. The number of alkyl carbamates (subject to hydrolysis) is 1. The van der Waals surface area contributed by atoms with Gasteiger partial charge in [0.15, 0.2) is 6.10 Å². The minimum Gasteiger partial charge on any atom is -0.479 e. The molecule has 0 aromatic heterocycles. The van der Waals surface area contributed by atoms with Crippen molar-refractivity contribution in [3.63, 3.8) is 0 Å². The lowest BCUT2D eigenvalue weighted by Crippen LogP contribution is -2.40. The van der Waals surface area contributed by atoms with E-state index in [1.807, 2.05) is 48.5 Å². The molecule has 2 aromatic carbocycles. The summed E-state index contributed by atoms with van der Waals surface area (Å²) in [5, 5.41) is 32.1. The average molecular weight is 428 g/mol. The molecule has 2 atom stereocenters. The number of ether oxygens (including phenoxy) is 1. The molecule has 0 spiro atoms. The summed E-state index contributed by atoms with van der Waals surface area (Å²) in [6.07, 6.45) is -4.00. The SMILES string of the molecule is O=C(CC(O)CNC(=O)OCC1c2ccccc2-c2ccccc21)NC[C@H](O)C(=O)O. The maximum absolute atomic E-state index is 12.1. The molecule has 0 saturated carbocycles. The number of aliphatic carboxylic acids is 1. The Kier molecular flexibility index (Phi) is 7.22. The lowest BCUT2D eigenvalue weighted by atomic mass is 9.98. The van der Waals surface area contributed by atoms with Gasteiger partial charge in [0, 0.05) is 12.5 Å². The van der Waals surface area contributed by atoms with Gasteiger partial charge in [-0.15, -0.1) is 0 Å². The van der Waals surface area contributed by atoms with Gasteiger partial charge in [0.05, 0.1) is 19.1 Å². The molecule has 9 heteroatoms. The Hall–Kier alpha value is -3.43. The van der Waals surface area contributed by atoms with Gasteiger partial charge in [0.2, 0.25) is 5.91 Å².